The van der Waals surface area contributed by atoms with Crippen LogP contribution in [-0.2, 0) is 19.7 Å². The van der Waals surface area contributed by atoms with Crippen LogP contribution in [0.1, 0.15) is 30.9 Å². The van der Waals surface area contributed by atoms with Crippen molar-refractivity contribution < 1.29 is 19.0 Å². The molecule has 1 fully saturated rings. The van der Waals surface area contributed by atoms with E-state index in [-0.39, 0.29) is 12.0 Å². The van der Waals surface area contributed by atoms with Crippen LogP contribution in [0.3, 0.4) is 0 Å². The lowest BCUT2D eigenvalue weighted by Gasteiger charge is -2.36. The van der Waals surface area contributed by atoms with E-state index in [9.17, 15) is 4.79 Å². The number of carbonyl (C=O) groups excluding carboxylic acids is 1. The highest BCUT2D eigenvalue weighted by molar-refractivity contribution is 6.32. The monoisotopic (exact) mass is 417 g/mol. The maximum Gasteiger partial charge on any atom is 0.235 e. The SMILES string of the molecule is COC[C@H](C)Oc1ccc(NC(=O)C2(c3cccc(C)c3)CCOCC2)cc1Cl. The van der Waals surface area contributed by atoms with Crippen LogP contribution in [0, 0.1) is 6.92 Å². The molecule has 0 radical (unpaired) electrons. The third-order valence-corrected chi connectivity index (χ3v) is 5.57. The third kappa shape index (κ3) is 5.10. The number of hydrogen-bond acceptors (Lipinski definition) is 4. The molecule has 0 saturated carbocycles. The summed E-state index contributed by atoms with van der Waals surface area (Å²) in [4.78, 5) is 13.4. The van der Waals surface area contributed by atoms with Crippen LogP contribution < -0.4 is 10.1 Å². The van der Waals surface area contributed by atoms with Gasteiger partial charge in [0.25, 0.3) is 0 Å². The molecule has 1 aliphatic heterocycles. The minimum Gasteiger partial charge on any atom is -0.487 e. The zero-order valence-corrected chi connectivity index (χ0v) is 17.9. The van der Waals surface area contributed by atoms with E-state index in [0.717, 1.165) is 11.1 Å². The van der Waals surface area contributed by atoms with Gasteiger partial charge in [0, 0.05) is 26.0 Å². The Morgan fingerprint density at radius 1 is 1.24 bits per heavy atom. The number of methoxy groups -OCH3 is 1. The zero-order chi connectivity index (χ0) is 20.9. The van der Waals surface area contributed by atoms with Gasteiger partial charge in [-0.2, -0.15) is 0 Å². The van der Waals surface area contributed by atoms with E-state index >= 15 is 0 Å². The number of anilines is 1. The van der Waals surface area contributed by atoms with E-state index in [2.05, 4.69) is 11.4 Å². The Hall–Kier alpha value is -2.08. The fraction of sp³-hybridized carbons (Fsp3) is 0.435. The fourth-order valence-electron chi connectivity index (χ4n) is 3.72. The summed E-state index contributed by atoms with van der Waals surface area (Å²) in [5, 5.41) is 3.50. The Kier molecular flexibility index (Phi) is 7.17. The molecule has 1 amide bonds. The first-order chi connectivity index (χ1) is 13.9. The number of aryl methyl sites for hydroxylation is 1. The van der Waals surface area contributed by atoms with E-state index in [1.165, 1.54) is 0 Å². The lowest BCUT2D eigenvalue weighted by atomic mass is 9.73. The van der Waals surface area contributed by atoms with Crippen molar-refractivity contribution in [2.75, 3.05) is 32.2 Å². The molecule has 156 valence electrons. The number of carbonyl (C=O) groups is 1. The summed E-state index contributed by atoms with van der Waals surface area (Å²) in [6.45, 7) is 5.54. The summed E-state index contributed by atoms with van der Waals surface area (Å²) in [7, 11) is 1.63. The molecule has 0 bridgehead atoms. The fourth-order valence-corrected chi connectivity index (χ4v) is 3.94. The van der Waals surface area contributed by atoms with Gasteiger partial charge in [-0.05, 0) is 50.5 Å². The molecule has 1 aliphatic rings. The van der Waals surface area contributed by atoms with Crippen molar-refractivity contribution in [1.29, 1.82) is 0 Å². The van der Waals surface area contributed by atoms with Crippen molar-refractivity contribution >= 4 is 23.2 Å². The van der Waals surface area contributed by atoms with Crippen LogP contribution >= 0.6 is 11.6 Å². The predicted molar refractivity (Wildman–Crippen MR) is 115 cm³/mol. The first-order valence-electron chi connectivity index (χ1n) is 9.86. The molecule has 0 unspecified atom stereocenters. The van der Waals surface area contributed by atoms with Gasteiger partial charge in [0.1, 0.15) is 11.9 Å². The number of hydrogen-bond donors (Lipinski definition) is 1. The molecule has 1 saturated heterocycles. The molecule has 0 aromatic heterocycles. The first-order valence-corrected chi connectivity index (χ1v) is 10.2. The Morgan fingerprint density at radius 2 is 2.00 bits per heavy atom. The van der Waals surface area contributed by atoms with E-state index < -0.39 is 5.41 Å². The number of ether oxygens (including phenoxy) is 3. The van der Waals surface area contributed by atoms with Crippen molar-refractivity contribution in [3.8, 4) is 5.75 Å². The minimum absolute atomic E-state index is 0.0381. The summed E-state index contributed by atoms with van der Waals surface area (Å²) in [5.74, 6) is 0.526. The highest BCUT2D eigenvalue weighted by Crippen LogP contribution is 2.37. The van der Waals surface area contributed by atoms with Crippen LogP contribution in [0.15, 0.2) is 42.5 Å². The summed E-state index contributed by atoms with van der Waals surface area (Å²) >= 11 is 6.38. The molecule has 1 N–H and O–H groups in total. The number of halogens is 1. The Bertz CT molecular complexity index is 849. The Balaban J connectivity index is 1.80. The molecular weight excluding hydrogens is 390 g/mol. The highest BCUT2D eigenvalue weighted by atomic mass is 35.5. The van der Waals surface area contributed by atoms with Crippen LogP contribution in [-0.4, -0.2) is 38.9 Å². The topological polar surface area (TPSA) is 56.8 Å². The molecular formula is C23H28ClNO4. The van der Waals surface area contributed by atoms with Crippen molar-refractivity contribution in [2.24, 2.45) is 0 Å². The van der Waals surface area contributed by atoms with Crippen LogP contribution in [0.4, 0.5) is 5.69 Å². The van der Waals surface area contributed by atoms with E-state index in [0.29, 0.717) is 49.1 Å². The van der Waals surface area contributed by atoms with Crippen LogP contribution in [0.2, 0.25) is 5.02 Å². The molecule has 0 aliphatic carbocycles. The summed E-state index contributed by atoms with van der Waals surface area (Å²) in [6.07, 6.45) is 1.17. The number of benzene rings is 2. The van der Waals surface area contributed by atoms with Gasteiger partial charge in [-0.15, -0.1) is 0 Å². The summed E-state index contributed by atoms with van der Waals surface area (Å²) in [6, 6.07) is 13.5. The highest BCUT2D eigenvalue weighted by Gasteiger charge is 2.41. The second-order valence-electron chi connectivity index (χ2n) is 7.55. The van der Waals surface area contributed by atoms with Gasteiger partial charge in [-0.1, -0.05) is 41.4 Å². The smallest absolute Gasteiger partial charge is 0.235 e. The Morgan fingerprint density at radius 3 is 2.66 bits per heavy atom. The number of rotatable bonds is 7. The van der Waals surface area contributed by atoms with Gasteiger partial charge < -0.3 is 19.5 Å². The van der Waals surface area contributed by atoms with E-state index in [4.69, 9.17) is 25.8 Å². The quantitative estimate of drug-likeness (QED) is 0.706. The molecule has 29 heavy (non-hydrogen) atoms. The first kappa shape index (κ1) is 21.6. The van der Waals surface area contributed by atoms with Gasteiger partial charge in [-0.3, -0.25) is 4.79 Å². The molecule has 1 atom stereocenters. The van der Waals surface area contributed by atoms with Crippen molar-refractivity contribution in [3.05, 3.63) is 58.6 Å². The molecule has 5 nitrogen and oxygen atoms in total. The average molecular weight is 418 g/mol. The van der Waals surface area contributed by atoms with Crippen LogP contribution in [0.25, 0.3) is 0 Å². The largest absolute Gasteiger partial charge is 0.487 e. The standard InChI is InChI=1S/C23H28ClNO4/c1-16-5-4-6-18(13-16)23(9-11-28-12-10-23)22(26)25-19-7-8-21(20(24)14-19)29-17(2)15-27-3/h4-8,13-14,17H,9-12,15H2,1-3H3,(H,25,26)/t17-/m0/s1. The molecule has 2 aromatic rings. The number of nitrogens with one attached hydrogen (secondary N) is 1. The minimum atomic E-state index is -0.612. The lowest BCUT2D eigenvalue weighted by Crippen LogP contribution is -2.44. The zero-order valence-electron chi connectivity index (χ0n) is 17.2. The second-order valence-corrected chi connectivity index (χ2v) is 7.95. The van der Waals surface area contributed by atoms with Gasteiger partial charge in [0.15, 0.2) is 0 Å². The molecule has 2 aromatic carbocycles. The third-order valence-electron chi connectivity index (χ3n) is 5.27. The van der Waals surface area contributed by atoms with Crippen LogP contribution in [0.5, 0.6) is 5.75 Å². The average Bonchev–Trinajstić information content (AvgIpc) is 2.71. The van der Waals surface area contributed by atoms with Gasteiger partial charge >= 0.3 is 0 Å². The second kappa shape index (κ2) is 9.61. The number of amides is 1. The van der Waals surface area contributed by atoms with Crippen molar-refractivity contribution in [2.45, 2.75) is 38.2 Å². The molecule has 3 rings (SSSR count). The molecule has 0 spiro atoms. The van der Waals surface area contributed by atoms with Gasteiger partial charge in [0.05, 0.1) is 17.0 Å². The Labute approximate surface area is 177 Å². The lowest BCUT2D eigenvalue weighted by molar-refractivity contribution is -0.125. The van der Waals surface area contributed by atoms with Gasteiger partial charge in [0.2, 0.25) is 5.91 Å². The molecule has 6 heteroatoms. The van der Waals surface area contributed by atoms with Crippen molar-refractivity contribution in [1.82, 2.24) is 0 Å². The molecule has 1 heterocycles. The normalized spacial score (nSPS) is 16.8. The predicted octanol–water partition coefficient (Wildman–Crippen LogP) is 4.75. The maximum atomic E-state index is 13.4. The summed E-state index contributed by atoms with van der Waals surface area (Å²) in [5.41, 5.74) is 2.19. The van der Waals surface area contributed by atoms with E-state index in [1.807, 2.05) is 38.1 Å². The van der Waals surface area contributed by atoms with Crippen molar-refractivity contribution in [3.63, 3.8) is 0 Å². The van der Waals surface area contributed by atoms with Gasteiger partial charge in [-0.25, -0.2) is 0 Å². The summed E-state index contributed by atoms with van der Waals surface area (Å²) < 4.78 is 16.4. The van der Waals surface area contributed by atoms with E-state index in [1.54, 1.807) is 19.2 Å². The maximum absolute atomic E-state index is 13.4.